The van der Waals surface area contributed by atoms with Crippen LogP contribution < -0.4 is 9.47 Å². The number of aliphatic hydroxyl groups is 1. The van der Waals surface area contributed by atoms with Crippen LogP contribution in [0.25, 0.3) is 0 Å². The fourth-order valence-corrected chi connectivity index (χ4v) is 1.56. The van der Waals surface area contributed by atoms with Crippen LogP contribution in [0.2, 0.25) is 0 Å². The number of carbonyl (C=O) groups is 1. The van der Waals surface area contributed by atoms with Gasteiger partial charge in [0.25, 0.3) is 0 Å². The summed E-state index contributed by atoms with van der Waals surface area (Å²) in [7, 11) is 1.56. The third kappa shape index (κ3) is 4.37. The van der Waals surface area contributed by atoms with E-state index in [1.807, 2.05) is 6.92 Å². The highest BCUT2D eigenvalue weighted by Crippen LogP contribution is 2.28. The third-order valence-electron chi connectivity index (χ3n) is 2.66. The normalized spacial score (nSPS) is 10.2. The zero-order chi connectivity index (χ0) is 13.4. The summed E-state index contributed by atoms with van der Waals surface area (Å²) in [6.45, 7) is 2.32. The quantitative estimate of drug-likeness (QED) is 0.721. The molecule has 0 aliphatic carbocycles. The first-order valence-corrected chi connectivity index (χ1v) is 6.13. The van der Waals surface area contributed by atoms with Gasteiger partial charge in [-0.25, -0.2) is 0 Å². The molecule has 0 radical (unpaired) electrons. The fraction of sp³-hybridized carbons (Fsp3) is 0.500. The number of hydrogen-bond acceptors (Lipinski definition) is 4. The van der Waals surface area contributed by atoms with Crippen LogP contribution in [0.3, 0.4) is 0 Å². The maximum absolute atomic E-state index is 11.1. The molecule has 4 heteroatoms. The smallest absolute Gasteiger partial charge is 0.161 e. The molecule has 0 bridgehead atoms. The Labute approximate surface area is 108 Å². The number of ketones is 1. The summed E-state index contributed by atoms with van der Waals surface area (Å²) in [5, 5.41) is 9.02. The maximum Gasteiger partial charge on any atom is 0.161 e. The molecule has 1 N–H and O–H groups in total. The van der Waals surface area contributed by atoms with E-state index in [9.17, 15) is 4.79 Å². The van der Waals surface area contributed by atoms with E-state index < -0.39 is 0 Å². The summed E-state index contributed by atoms with van der Waals surface area (Å²) in [6, 6.07) is 5.30. The van der Waals surface area contributed by atoms with Crippen molar-refractivity contribution in [3.05, 3.63) is 23.8 Å². The van der Waals surface area contributed by atoms with Crippen LogP contribution in [0, 0.1) is 0 Å². The Morgan fingerprint density at radius 1 is 1.33 bits per heavy atom. The fourth-order valence-electron chi connectivity index (χ4n) is 1.56. The number of ether oxygens (including phenoxy) is 2. The predicted molar refractivity (Wildman–Crippen MR) is 68.9 cm³/mol. The number of benzene rings is 1. The van der Waals surface area contributed by atoms with E-state index in [1.165, 1.54) is 0 Å². The van der Waals surface area contributed by atoms with Gasteiger partial charge in [-0.05, 0) is 24.1 Å². The van der Waals surface area contributed by atoms with Crippen molar-refractivity contribution in [3.63, 3.8) is 0 Å². The molecule has 100 valence electrons. The Balaban J connectivity index is 2.49. The molecular weight excluding hydrogens is 232 g/mol. The highest BCUT2D eigenvalue weighted by atomic mass is 16.5. The molecule has 0 heterocycles. The Morgan fingerprint density at radius 3 is 2.72 bits per heavy atom. The second kappa shape index (κ2) is 7.71. The van der Waals surface area contributed by atoms with E-state index in [4.69, 9.17) is 14.6 Å². The summed E-state index contributed by atoms with van der Waals surface area (Å²) in [5.74, 6) is 1.49. The molecule has 4 nitrogen and oxygen atoms in total. The Bertz CT molecular complexity index is 387. The van der Waals surface area contributed by atoms with Gasteiger partial charge in [0.1, 0.15) is 5.78 Å². The average molecular weight is 252 g/mol. The molecule has 0 atom stereocenters. The lowest BCUT2D eigenvalue weighted by Gasteiger charge is -2.11. The molecule has 0 saturated carbocycles. The molecule has 0 fully saturated rings. The monoisotopic (exact) mass is 252 g/mol. The average Bonchev–Trinajstić information content (AvgIpc) is 2.43. The van der Waals surface area contributed by atoms with Gasteiger partial charge in [0, 0.05) is 12.8 Å². The maximum atomic E-state index is 11.1. The first-order chi connectivity index (χ1) is 8.71. The minimum Gasteiger partial charge on any atom is -0.493 e. The SMILES string of the molecule is CCC(=O)CCCOc1ccc(CO)cc1OC. The van der Waals surface area contributed by atoms with Gasteiger partial charge in [-0.1, -0.05) is 13.0 Å². The highest BCUT2D eigenvalue weighted by molar-refractivity contribution is 5.77. The summed E-state index contributed by atoms with van der Waals surface area (Å²) < 4.78 is 10.7. The zero-order valence-corrected chi connectivity index (χ0v) is 10.9. The van der Waals surface area contributed by atoms with E-state index >= 15 is 0 Å². The summed E-state index contributed by atoms with van der Waals surface area (Å²) >= 11 is 0. The Kier molecular flexibility index (Phi) is 6.22. The largest absolute Gasteiger partial charge is 0.493 e. The molecule has 0 saturated heterocycles. The van der Waals surface area contributed by atoms with Crippen molar-refractivity contribution in [2.24, 2.45) is 0 Å². The molecule has 1 aromatic rings. The second-order valence-electron chi connectivity index (χ2n) is 3.99. The van der Waals surface area contributed by atoms with Gasteiger partial charge in [-0.15, -0.1) is 0 Å². The van der Waals surface area contributed by atoms with Crippen molar-refractivity contribution < 1.29 is 19.4 Å². The highest BCUT2D eigenvalue weighted by Gasteiger charge is 2.06. The van der Waals surface area contributed by atoms with Crippen LogP contribution in [0.15, 0.2) is 18.2 Å². The minimum atomic E-state index is -0.0261. The standard InChI is InChI=1S/C14H20O4/c1-3-12(16)5-4-8-18-13-7-6-11(10-15)9-14(13)17-2/h6-7,9,15H,3-5,8,10H2,1-2H3. The van der Waals surface area contributed by atoms with Crippen LogP contribution in [0.1, 0.15) is 31.7 Å². The van der Waals surface area contributed by atoms with E-state index in [2.05, 4.69) is 0 Å². The number of Topliss-reactive ketones (excluding diaryl/α,β-unsaturated/α-hetero) is 1. The lowest BCUT2D eigenvalue weighted by atomic mass is 10.2. The third-order valence-corrected chi connectivity index (χ3v) is 2.66. The number of rotatable bonds is 8. The van der Waals surface area contributed by atoms with Crippen LogP contribution in [0.5, 0.6) is 11.5 Å². The van der Waals surface area contributed by atoms with Gasteiger partial charge in [-0.2, -0.15) is 0 Å². The predicted octanol–water partition coefficient (Wildman–Crippen LogP) is 2.33. The van der Waals surface area contributed by atoms with Crippen molar-refractivity contribution in [2.45, 2.75) is 32.8 Å². The van der Waals surface area contributed by atoms with E-state index in [-0.39, 0.29) is 12.4 Å². The van der Waals surface area contributed by atoms with Crippen LogP contribution in [-0.2, 0) is 11.4 Å². The lowest BCUT2D eigenvalue weighted by molar-refractivity contribution is -0.118. The van der Waals surface area contributed by atoms with Gasteiger partial charge in [0.15, 0.2) is 11.5 Å². The van der Waals surface area contributed by atoms with Gasteiger partial charge in [0.2, 0.25) is 0 Å². The van der Waals surface area contributed by atoms with Gasteiger partial charge >= 0.3 is 0 Å². The Morgan fingerprint density at radius 2 is 2.11 bits per heavy atom. The van der Waals surface area contributed by atoms with E-state index in [1.54, 1.807) is 25.3 Å². The van der Waals surface area contributed by atoms with E-state index in [0.29, 0.717) is 37.4 Å². The zero-order valence-electron chi connectivity index (χ0n) is 10.9. The first-order valence-electron chi connectivity index (χ1n) is 6.13. The molecule has 18 heavy (non-hydrogen) atoms. The Hall–Kier alpha value is -1.55. The number of aliphatic hydroxyl groups excluding tert-OH is 1. The van der Waals surface area contributed by atoms with Crippen molar-refractivity contribution in [1.82, 2.24) is 0 Å². The topological polar surface area (TPSA) is 55.8 Å². The number of methoxy groups -OCH3 is 1. The number of hydrogen-bond donors (Lipinski definition) is 1. The van der Waals surface area contributed by atoms with Gasteiger partial charge in [-0.3, -0.25) is 4.79 Å². The van der Waals surface area contributed by atoms with Crippen LogP contribution in [-0.4, -0.2) is 24.6 Å². The van der Waals surface area contributed by atoms with Gasteiger partial charge in [0.05, 0.1) is 20.3 Å². The lowest BCUT2D eigenvalue weighted by Crippen LogP contribution is -2.03. The van der Waals surface area contributed by atoms with Crippen molar-refractivity contribution in [1.29, 1.82) is 0 Å². The molecular formula is C14H20O4. The van der Waals surface area contributed by atoms with Gasteiger partial charge < -0.3 is 14.6 Å². The summed E-state index contributed by atoms with van der Waals surface area (Å²) in [5.41, 5.74) is 0.778. The van der Waals surface area contributed by atoms with E-state index in [0.717, 1.165) is 5.56 Å². The molecule has 0 amide bonds. The molecule has 0 aromatic heterocycles. The molecule has 0 aliphatic heterocycles. The van der Waals surface area contributed by atoms with Crippen LogP contribution in [0.4, 0.5) is 0 Å². The molecule has 0 spiro atoms. The summed E-state index contributed by atoms with van der Waals surface area (Å²) in [4.78, 5) is 11.1. The van der Waals surface area contributed by atoms with Crippen molar-refractivity contribution in [2.75, 3.05) is 13.7 Å². The minimum absolute atomic E-state index is 0.0261. The summed E-state index contributed by atoms with van der Waals surface area (Å²) in [6.07, 6.45) is 1.83. The molecule has 0 unspecified atom stereocenters. The molecule has 0 aliphatic rings. The van der Waals surface area contributed by atoms with Crippen molar-refractivity contribution in [3.8, 4) is 11.5 Å². The molecule has 1 rings (SSSR count). The molecule has 1 aromatic carbocycles. The number of carbonyl (C=O) groups excluding carboxylic acids is 1. The first kappa shape index (κ1) is 14.5. The van der Waals surface area contributed by atoms with Crippen LogP contribution >= 0.6 is 0 Å². The van der Waals surface area contributed by atoms with Crippen molar-refractivity contribution >= 4 is 5.78 Å². The second-order valence-corrected chi connectivity index (χ2v) is 3.99.